The lowest BCUT2D eigenvalue weighted by Crippen LogP contribution is -2.22. The van der Waals surface area contributed by atoms with Crippen LogP contribution >= 0.6 is 0 Å². The van der Waals surface area contributed by atoms with Crippen molar-refractivity contribution in [2.24, 2.45) is 0 Å². The van der Waals surface area contributed by atoms with E-state index in [1.54, 1.807) is 24.3 Å². The zero-order valence-electron chi connectivity index (χ0n) is 14.6. The molecule has 1 N–H and O–H groups in total. The molecular formula is C18H16N2O7. The van der Waals surface area contributed by atoms with E-state index in [0.29, 0.717) is 11.3 Å². The molecule has 27 heavy (non-hydrogen) atoms. The predicted molar refractivity (Wildman–Crippen MR) is 95.0 cm³/mol. The van der Waals surface area contributed by atoms with E-state index in [-0.39, 0.29) is 17.1 Å². The lowest BCUT2D eigenvalue weighted by molar-refractivity contribution is -0.385. The van der Waals surface area contributed by atoms with Gasteiger partial charge in [0.05, 0.1) is 23.3 Å². The molecule has 0 radical (unpaired) electrons. The third-order valence-corrected chi connectivity index (χ3v) is 3.53. The van der Waals surface area contributed by atoms with E-state index in [1.807, 2.05) is 0 Å². The van der Waals surface area contributed by atoms with Crippen molar-refractivity contribution in [3.05, 3.63) is 63.7 Å². The van der Waals surface area contributed by atoms with Crippen LogP contribution in [0, 0.1) is 10.1 Å². The number of methoxy groups -OCH3 is 1. The Morgan fingerprint density at radius 1 is 1.15 bits per heavy atom. The third kappa shape index (κ3) is 4.88. The van der Waals surface area contributed by atoms with E-state index in [1.165, 1.54) is 26.2 Å². The van der Waals surface area contributed by atoms with Gasteiger partial charge in [0.15, 0.2) is 18.1 Å². The van der Waals surface area contributed by atoms with Crippen LogP contribution in [0.15, 0.2) is 42.5 Å². The van der Waals surface area contributed by atoms with E-state index < -0.39 is 29.1 Å². The van der Waals surface area contributed by atoms with Crippen molar-refractivity contribution >= 4 is 29.0 Å². The number of hydrogen-bond acceptors (Lipinski definition) is 7. The number of rotatable bonds is 7. The Morgan fingerprint density at radius 2 is 1.85 bits per heavy atom. The molecule has 1 amide bonds. The van der Waals surface area contributed by atoms with E-state index >= 15 is 0 Å². The highest BCUT2D eigenvalue weighted by Gasteiger charge is 2.19. The number of nitro benzene ring substituents is 1. The number of nitro groups is 1. The Kier molecular flexibility index (Phi) is 6.21. The van der Waals surface area contributed by atoms with Crippen LogP contribution in [-0.4, -0.2) is 36.3 Å². The molecule has 0 saturated carbocycles. The highest BCUT2D eigenvalue weighted by atomic mass is 16.6. The maximum atomic E-state index is 12.0. The molecule has 0 aliphatic heterocycles. The molecule has 2 aromatic rings. The second kappa shape index (κ2) is 8.56. The van der Waals surface area contributed by atoms with Gasteiger partial charge in [0, 0.05) is 11.6 Å². The standard InChI is InChI=1S/C18H16N2O7/c1-11(21)13-5-3-4-6-14(13)19-17(22)10-27-18(23)12-7-8-16(26-2)15(9-12)20(24)25/h3-9H,10H2,1-2H3,(H,19,22). The fourth-order valence-electron chi connectivity index (χ4n) is 2.26. The smallest absolute Gasteiger partial charge is 0.338 e. The molecule has 0 heterocycles. The lowest BCUT2D eigenvalue weighted by Gasteiger charge is -2.09. The minimum Gasteiger partial charge on any atom is -0.490 e. The number of hydrogen-bond donors (Lipinski definition) is 1. The first-order valence-corrected chi connectivity index (χ1v) is 7.73. The number of para-hydroxylation sites is 1. The highest BCUT2D eigenvalue weighted by molar-refractivity contribution is 6.04. The Balaban J connectivity index is 2.03. The predicted octanol–water partition coefficient (Wildman–Crippen LogP) is 2.60. The molecule has 9 heteroatoms. The number of anilines is 1. The van der Waals surface area contributed by atoms with Gasteiger partial charge in [-0.25, -0.2) is 4.79 Å². The number of amides is 1. The number of esters is 1. The molecule has 0 atom stereocenters. The summed E-state index contributed by atoms with van der Waals surface area (Å²) in [6.45, 7) is 0.743. The fourth-order valence-corrected chi connectivity index (χ4v) is 2.26. The van der Waals surface area contributed by atoms with Gasteiger partial charge < -0.3 is 14.8 Å². The van der Waals surface area contributed by atoms with Gasteiger partial charge in [0.2, 0.25) is 0 Å². The molecule has 9 nitrogen and oxygen atoms in total. The minimum atomic E-state index is -0.907. The molecule has 0 saturated heterocycles. The fraction of sp³-hybridized carbons (Fsp3) is 0.167. The van der Waals surface area contributed by atoms with E-state index in [0.717, 1.165) is 6.07 Å². The monoisotopic (exact) mass is 372 g/mol. The quantitative estimate of drug-likeness (QED) is 0.343. The molecule has 0 bridgehead atoms. The summed E-state index contributed by atoms with van der Waals surface area (Å²) in [5, 5.41) is 13.5. The van der Waals surface area contributed by atoms with Crippen LogP contribution in [0.5, 0.6) is 5.75 Å². The summed E-state index contributed by atoms with van der Waals surface area (Å²) in [5.74, 6) is -1.79. The maximum absolute atomic E-state index is 12.0. The molecular weight excluding hydrogens is 356 g/mol. The Hall–Kier alpha value is -3.75. The van der Waals surface area contributed by atoms with Gasteiger partial charge >= 0.3 is 11.7 Å². The summed E-state index contributed by atoms with van der Waals surface area (Å²) in [6.07, 6.45) is 0. The summed E-state index contributed by atoms with van der Waals surface area (Å²) < 4.78 is 9.72. The molecule has 2 rings (SSSR count). The highest BCUT2D eigenvalue weighted by Crippen LogP contribution is 2.27. The zero-order chi connectivity index (χ0) is 20.0. The van der Waals surface area contributed by atoms with Crippen LogP contribution in [0.1, 0.15) is 27.6 Å². The number of ketones is 1. The average Bonchev–Trinajstić information content (AvgIpc) is 2.65. The van der Waals surface area contributed by atoms with Gasteiger partial charge in [-0.05, 0) is 31.2 Å². The van der Waals surface area contributed by atoms with E-state index in [2.05, 4.69) is 5.32 Å². The molecule has 2 aromatic carbocycles. The van der Waals surface area contributed by atoms with Gasteiger partial charge in [-0.2, -0.15) is 0 Å². The van der Waals surface area contributed by atoms with Gasteiger partial charge in [-0.15, -0.1) is 0 Å². The van der Waals surface area contributed by atoms with Gasteiger partial charge in [-0.3, -0.25) is 19.7 Å². The first-order valence-electron chi connectivity index (χ1n) is 7.73. The van der Waals surface area contributed by atoms with Crippen molar-refractivity contribution in [2.75, 3.05) is 19.0 Å². The van der Waals surface area contributed by atoms with E-state index in [9.17, 15) is 24.5 Å². The van der Waals surface area contributed by atoms with Crippen molar-refractivity contribution in [3.63, 3.8) is 0 Å². The number of ether oxygens (including phenoxy) is 2. The Morgan fingerprint density at radius 3 is 2.48 bits per heavy atom. The minimum absolute atomic E-state index is 0.00451. The number of nitrogens with zero attached hydrogens (tertiary/aromatic N) is 1. The summed E-state index contributed by atoms with van der Waals surface area (Å²) in [6, 6.07) is 9.95. The molecule has 0 unspecified atom stereocenters. The van der Waals surface area contributed by atoms with Crippen LogP contribution in [0.4, 0.5) is 11.4 Å². The summed E-state index contributed by atoms with van der Waals surface area (Å²) in [4.78, 5) is 45.8. The van der Waals surface area contributed by atoms with Crippen molar-refractivity contribution in [1.29, 1.82) is 0 Å². The molecule has 0 fully saturated rings. The average molecular weight is 372 g/mol. The Labute approximate surface area is 154 Å². The molecule has 0 aliphatic rings. The van der Waals surface area contributed by atoms with Crippen molar-refractivity contribution in [1.82, 2.24) is 0 Å². The van der Waals surface area contributed by atoms with Crippen LogP contribution < -0.4 is 10.1 Å². The second-order valence-electron chi connectivity index (χ2n) is 5.37. The summed E-state index contributed by atoms with van der Waals surface area (Å²) in [7, 11) is 1.27. The molecule has 0 aromatic heterocycles. The number of benzene rings is 2. The number of nitrogens with one attached hydrogen (secondary N) is 1. The zero-order valence-corrected chi connectivity index (χ0v) is 14.6. The Bertz CT molecular complexity index is 908. The maximum Gasteiger partial charge on any atom is 0.338 e. The van der Waals surface area contributed by atoms with Gasteiger partial charge in [-0.1, -0.05) is 12.1 Å². The molecule has 140 valence electrons. The normalized spacial score (nSPS) is 10.0. The summed E-state index contributed by atoms with van der Waals surface area (Å²) in [5.41, 5.74) is 0.125. The van der Waals surface area contributed by atoms with Gasteiger partial charge in [0.1, 0.15) is 0 Å². The SMILES string of the molecule is COc1ccc(C(=O)OCC(=O)Nc2ccccc2C(C)=O)cc1[N+](=O)[O-]. The van der Waals surface area contributed by atoms with Crippen molar-refractivity contribution in [2.45, 2.75) is 6.92 Å². The molecule has 0 aliphatic carbocycles. The summed E-state index contributed by atoms with van der Waals surface area (Å²) >= 11 is 0. The van der Waals surface area contributed by atoms with Crippen LogP contribution in [0.25, 0.3) is 0 Å². The van der Waals surface area contributed by atoms with Crippen molar-refractivity contribution in [3.8, 4) is 5.75 Å². The van der Waals surface area contributed by atoms with Crippen molar-refractivity contribution < 1.29 is 28.8 Å². The topological polar surface area (TPSA) is 125 Å². The number of carbonyl (C=O) groups excluding carboxylic acids is 3. The second-order valence-corrected chi connectivity index (χ2v) is 5.37. The third-order valence-electron chi connectivity index (χ3n) is 3.53. The number of carbonyl (C=O) groups is 3. The lowest BCUT2D eigenvalue weighted by atomic mass is 10.1. The largest absolute Gasteiger partial charge is 0.490 e. The van der Waals surface area contributed by atoms with Crippen LogP contribution in [0.3, 0.4) is 0 Å². The first kappa shape index (κ1) is 19.6. The molecule has 0 spiro atoms. The van der Waals surface area contributed by atoms with Crippen LogP contribution in [0.2, 0.25) is 0 Å². The van der Waals surface area contributed by atoms with Gasteiger partial charge in [0.25, 0.3) is 5.91 Å². The first-order chi connectivity index (χ1) is 12.8. The number of Topliss-reactive ketones (excluding diaryl/α,β-unsaturated/α-hetero) is 1. The van der Waals surface area contributed by atoms with Crippen LogP contribution in [-0.2, 0) is 9.53 Å². The van der Waals surface area contributed by atoms with E-state index in [4.69, 9.17) is 9.47 Å².